The first kappa shape index (κ1) is 17.7. The van der Waals surface area contributed by atoms with Crippen molar-refractivity contribution < 1.29 is 14.7 Å². The highest BCUT2D eigenvalue weighted by molar-refractivity contribution is 5.74. The molecule has 122 valence electrons. The molecule has 1 heterocycles. The summed E-state index contributed by atoms with van der Waals surface area (Å²) in [5.74, 6) is -0.876. The SMILES string of the molecule is CC(CNC(=O)N1CCN(CCN(C)C)CC1)CC(=O)O. The van der Waals surface area contributed by atoms with Gasteiger partial charge in [0, 0.05) is 52.2 Å². The summed E-state index contributed by atoms with van der Waals surface area (Å²) in [6, 6.07) is -0.0838. The molecular formula is C14H28N4O3. The molecule has 21 heavy (non-hydrogen) atoms. The molecule has 7 nitrogen and oxygen atoms in total. The fraction of sp³-hybridized carbons (Fsp3) is 0.857. The van der Waals surface area contributed by atoms with Gasteiger partial charge in [-0.25, -0.2) is 4.79 Å². The maximum Gasteiger partial charge on any atom is 0.317 e. The van der Waals surface area contributed by atoms with E-state index in [9.17, 15) is 9.59 Å². The molecule has 7 heteroatoms. The van der Waals surface area contributed by atoms with E-state index in [1.807, 2.05) is 6.92 Å². The summed E-state index contributed by atoms with van der Waals surface area (Å²) in [6.45, 7) is 7.54. The van der Waals surface area contributed by atoms with Crippen molar-refractivity contribution in [2.45, 2.75) is 13.3 Å². The van der Waals surface area contributed by atoms with E-state index >= 15 is 0 Å². The molecule has 1 atom stereocenters. The average Bonchev–Trinajstić information content (AvgIpc) is 2.42. The fourth-order valence-electron chi connectivity index (χ4n) is 2.26. The van der Waals surface area contributed by atoms with Crippen molar-refractivity contribution >= 4 is 12.0 Å². The van der Waals surface area contributed by atoms with Gasteiger partial charge < -0.3 is 20.2 Å². The van der Waals surface area contributed by atoms with Crippen LogP contribution in [0.1, 0.15) is 13.3 Å². The lowest BCUT2D eigenvalue weighted by Crippen LogP contribution is -2.53. The Hall–Kier alpha value is -1.34. The van der Waals surface area contributed by atoms with E-state index in [4.69, 9.17) is 5.11 Å². The number of rotatable bonds is 7. The van der Waals surface area contributed by atoms with Crippen molar-refractivity contribution in [3.63, 3.8) is 0 Å². The number of piperazine rings is 1. The number of carboxylic acids is 1. The quantitative estimate of drug-likeness (QED) is 0.691. The van der Waals surface area contributed by atoms with E-state index < -0.39 is 5.97 Å². The molecular weight excluding hydrogens is 272 g/mol. The summed E-state index contributed by atoms with van der Waals surface area (Å²) in [7, 11) is 4.12. The first-order valence-corrected chi connectivity index (χ1v) is 7.50. The second-order valence-corrected chi connectivity index (χ2v) is 6.02. The Kier molecular flexibility index (Phi) is 7.45. The van der Waals surface area contributed by atoms with Crippen molar-refractivity contribution in [2.24, 2.45) is 5.92 Å². The number of aliphatic carboxylic acids is 1. The number of likely N-dealkylation sites (N-methyl/N-ethyl adjacent to an activating group) is 1. The first-order valence-electron chi connectivity index (χ1n) is 7.50. The zero-order valence-electron chi connectivity index (χ0n) is 13.3. The maximum absolute atomic E-state index is 12.0. The van der Waals surface area contributed by atoms with Crippen LogP contribution in [0, 0.1) is 5.92 Å². The van der Waals surface area contributed by atoms with Crippen LogP contribution in [0.2, 0.25) is 0 Å². The third-order valence-corrected chi connectivity index (χ3v) is 3.65. The van der Waals surface area contributed by atoms with Gasteiger partial charge in [-0.15, -0.1) is 0 Å². The van der Waals surface area contributed by atoms with Crippen molar-refractivity contribution in [3.05, 3.63) is 0 Å². The van der Waals surface area contributed by atoms with Gasteiger partial charge in [0.05, 0.1) is 0 Å². The smallest absolute Gasteiger partial charge is 0.317 e. The summed E-state index contributed by atoms with van der Waals surface area (Å²) in [4.78, 5) is 28.9. The Morgan fingerprint density at radius 3 is 2.38 bits per heavy atom. The number of amides is 2. The Bertz CT molecular complexity index is 341. The molecule has 1 fully saturated rings. The normalized spacial score (nSPS) is 17.8. The third-order valence-electron chi connectivity index (χ3n) is 3.65. The van der Waals surface area contributed by atoms with Gasteiger partial charge in [-0.1, -0.05) is 6.92 Å². The van der Waals surface area contributed by atoms with Crippen LogP contribution in [-0.4, -0.2) is 91.7 Å². The van der Waals surface area contributed by atoms with Crippen LogP contribution < -0.4 is 5.32 Å². The van der Waals surface area contributed by atoms with E-state index in [2.05, 4.69) is 29.2 Å². The molecule has 0 radical (unpaired) electrons. The molecule has 0 spiro atoms. The lowest BCUT2D eigenvalue weighted by molar-refractivity contribution is -0.137. The predicted molar refractivity (Wildman–Crippen MR) is 81.4 cm³/mol. The number of carbonyl (C=O) groups excluding carboxylic acids is 1. The Morgan fingerprint density at radius 1 is 1.24 bits per heavy atom. The third kappa shape index (κ3) is 7.29. The zero-order chi connectivity index (χ0) is 15.8. The number of urea groups is 1. The summed E-state index contributed by atoms with van der Waals surface area (Å²) >= 11 is 0. The molecule has 0 aromatic rings. The van der Waals surface area contributed by atoms with Crippen LogP contribution >= 0.6 is 0 Å². The van der Waals surface area contributed by atoms with Crippen LogP contribution in [0.3, 0.4) is 0 Å². The lowest BCUT2D eigenvalue weighted by Gasteiger charge is -2.35. The molecule has 0 aromatic carbocycles. The van der Waals surface area contributed by atoms with Gasteiger partial charge in [0.15, 0.2) is 0 Å². The number of carboxylic acid groups (broad SMARTS) is 1. The van der Waals surface area contributed by atoms with Crippen molar-refractivity contribution in [2.75, 3.05) is 59.9 Å². The molecule has 1 rings (SSSR count). The van der Waals surface area contributed by atoms with Crippen LogP contribution in [0.15, 0.2) is 0 Å². The van der Waals surface area contributed by atoms with E-state index in [-0.39, 0.29) is 18.4 Å². The number of nitrogens with one attached hydrogen (secondary N) is 1. The number of hydrogen-bond acceptors (Lipinski definition) is 4. The standard InChI is InChI=1S/C14H28N4O3/c1-12(10-13(19)20)11-15-14(21)18-8-6-17(7-9-18)5-4-16(2)3/h12H,4-11H2,1-3H3,(H,15,21)(H,19,20). The summed E-state index contributed by atoms with van der Waals surface area (Å²) in [5, 5.41) is 11.5. The molecule has 2 amide bonds. The van der Waals surface area contributed by atoms with Gasteiger partial charge in [0.2, 0.25) is 0 Å². The van der Waals surface area contributed by atoms with Gasteiger partial charge in [-0.3, -0.25) is 9.69 Å². The molecule has 2 N–H and O–H groups in total. The molecule has 0 saturated carbocycles. The highest BCUT2D eigenvalue weighted by atomic mass is 16.4. The monoisotopic (exact) mass is 300 g/mol. The van der Waals surface area contributed by atoms with E-state index in [0.717, 1.165) is 39.3 Å². The Labute approximate surface area is 126 Å². The Balaban J connectivity index is 2.21. The highest BCUT2D eigenvalue weighted by Gasteiger charge is 2.21. The van der Waals surface area contributed by atoms with Gasteiger partial charge in [-0.2, -0.15) is 0 Å². The highest BCUT2D eigenvalue weighted by Crippen LogP contribution is 2.04. The topological polar surface area (TPSA) is 76.1 Å². The molecule has 1 aliphatic rings. The number of nitrogens with zero attached hydrogens (tertiary/aromatic N) is 3. The summed E-state index contributed by atoms with van der Waals surface area (Å²) in [5.41, 5.74) is 0. The zero-order valence-corrected chi connectivity index (χ0v) is 13.3. The molecule has 1 saturated heterocycles. The molecule has 0 bridgehead atoms. The van der Waals surface area contributed by atoms with Gasteiger partial charge in [-0.05, 0) is 20.0 Å². The second-order valence-electron chi connectivity index (χ2n) is 6.02. The summed E-state index contributed by atoms with van der Waals surface area (Å²) < 4.78 is 0. The largest absolute Gasteiger partial charge is 0.481 e. The minimum Gasteiger partial charge on any atom is -0.481 e. The second kappa shape index (κ2) is 8.84. The molecule has 0 aromatic heterocycles. The van der Waals surface area contributed by atoms with Crippen molar-refractivity contribution in [1.29, 1.82) is 0 Å². The first-order chi connectivity index (χ1) is 9.88. The van der Waals surface area contributed by atoms with Gasteiger partial charge >= 0.3 is 12.0 Å². The predicted octanol–water partition coefficient (Wildman–Crippen LogP) is -0.0140. The fourth-order valence-corrected chi connectivity index (χ4v) is 2.26. The maximum atomic E-state index is 12.0. The molecule has 1 unspecified atom stereocenters. The van der Waals surface area contributed by atoms with E-state index in [1.54, 1.807) is 4.90 Å². The van der Waals surface area contributed by atoms with Crippen molar-refractivity contribution in [1.82, 2.24) is 20.0 Å². The van der Waals surface area contributed by atoms with Gasteiger partial charge in [0.1, 0.15) is 0 Å². The molecule has 1 aliphatic heterocycles. The summed E-state index contributed by atoms with van der Waals surface area (Å²) in [6.07, 6.45) is 0.0819. The Morgan fingerprint density at radius 2 is 1.86 bits per heavy atom. The van der Waals surface area contributed by atoms with Crippen LogP contribution in [-0.2, 0) is 4.79 Å². The van der Waals surface area contributed by atoms with Crippen LogP contribution in [0.4, 0.5) is 4.79 Å². The average molecular weight is 300 g/mol. The number of carbonyl (C=O) groups is 2. The van der Waals surface area contributed by atoms with E-state index in [0.29, 0.717) is 6.54 Å². The minimum absolute atomic E-state index is 0.0483. The minimum atomic E-state index is -0.828. The van der Waals surface area contributed by atoms with Crippen molar-refractivity contribution in [3.8, 4) is 0 Å². The lowest BCUT2D eigenvalue weighted by atomic mass is 10.1. The molecule has 0 aliphatic carbocycles. The van der Waals surface area contributed by atoms with E-state index in [1.165, 1.54) is 0 Å². The van der Waals surface area contributed by atoms with Crippen LogP contribution in [0.25, 0.3) is 0 Å². The number of hydrogen-bond donors (Lipinski definition) is 2. The van der Waals surface area contributed by atoms with Gasteiger partial charge in [0.25, 0.3) is 0 Å². The van der Waals surface area contributed by atoms with Crippen LogP contribution in [0.5, 0.6) is 0 Å².